The Hall–Kier alpha value is -1.13. The fraction of sp³-hybridized carbons (Fsp3) is 0.462. The second kappa shape index (κ2) is 5.34. The maximum absolute atomic E-state index is 12.5. The summed E-state index contributed by atoms with van der Waals surface area (Å²) in [5.41, 5.74) is 5.78. The van der Waals surface area contributed by atoms with Gasteiger partial charge in [0.2, 0.25) is 10.0 Å². The monoisotopic (exact) mass is 313 g/mol. The van der Waals surface area contributed by atoms with Crippen LogP contribution in [-0.2, 0) is 10.0 Å². The lowest BCUT2D eigenvalue weighted by atomic mass is 9.90. The molecule has 2 N–H and O–H groups in total. The fourth-order valence-corrected chi connectivity index (χ4v) is 4.15. The summed E-state index contributed by atoms with van der Waals surface area (Å²) < 4.78 is 26.5. The molecule has 0 radical (unpaired) electrons. The van der Waals surface area contributed by atoms with Gasteiger partial charge in [0.15, 0.2) is 0 Å². The molecule has 1 aromatic carbocycles. The highest BCUT2D eigenvalue weighted by Crippen LogP contribution is 2.33. The second-order valence-electron chi connectivity index (χ2n) is 5.36. The number of nitrogens with two attached hydrogens (primary N) is 1. The Balaban J connectivity index is 2.33. The molecule has 1 atom stereocenters. The van der Waals surface area contributed by atoms with Crippen LogP contribution in [0.4, 0.5) is 0 Å². The molecule has 0 spiro atoms. The van der Waals surface area contributed by atoms with Gasteiger partial charge >= 0.3 is 0 Å². The van der Waals surface area contributed by atoms with Gasteiger partial charge in [-0.1, -0.05) is 18.5 Å². The third-order valence-corrected chi connectivity index (χ3v) is 5.87. The number of sulfonamides is 1. The number of nitriles is 1. The Morgan fingerprint density at radius 1 is 1.55 bits per heavy atom. The zero-order chi connectivity index (χ0) is 15.0. The first-order valence-electron chi connectivity index (χ1n) is 6.22. The van der Waals surface area contributed by atoms with Crippen LogP contribution in [0.3, 0.4) is 0 Å². The van der Waals surface area contributed by atoms with Crippen molar-refractivity contribution in [2.45, 2.75) is 18.2 Å². The van der Waals surface area contributed by atoms with Crippen LogP contribution in [0, 0.1) is 16.7 Å². The number of halogens is 1. The molecule has 0 bridgehead atoms. The molecule has 1 saturated heterocycles. The summed E-state index contributed by atoms with van der Waals surface area (Å²) in [6.07, 6.45) is 0.743. The van der Waals surface area contributed by atoms with E-state index in [-0.39, 0.29) is 20.9 Å². The summed E-state index contributed by atoms with van der Waals surface area (Å²) in [5, 5.41) is 8.96. The van der Waals surface area contributed by atoms with Crippen molar-refractivity contribution in [2.24, 2.45) is 11.1 Å². The van der Waals surface area contributed by atoms with Gasteiger partial charge < -0.3 is 5.73 Å². The predicted octanol–water partition coefficient (Wildman–Crippen LogP) is 1.57. The predicted molar refractivity (Wildman–Crippen MR) is 76.7 cm³/mol. The van der Waals surface area contributed by atoms with Crippen molar-refractivity contribution in [1.82, 2.24) is 4.31 Å². The van der Waals surface area contributed by atoms with Gasteiger partial charge in [-0.15, -0.1) is 0 Å². The Kier molecular flexibility index (Phi) is 4.07. The van der Waals surface area contributed by atoms with Gasteiger partial charge in [0.25, 0.3) is 0 Å². The molecule has 0 aliphatic carbocycles. The number of hydrogen-bond donors (Lipinski definition) is 1. The van der Waals surface area contributed by atoms with E-state index in [9.17, 15) is 8.42 Å². The minimum Gasteiger partial charge on any atom is -0.330 e. The van der Waals surface area contributed by atoms with Crippen LogP contribution in [0.15, 0.2) is 23.1 Å². The molecule has 1 aliphatic rings. The van der Waals surface area contributed by atoms with E-state index in [1.165, 1.54) is 22.5 Å². The van der Waals surface area contributed by atoms with Crippen molar-refractivity contribution < 1.29 is 8.42 Å². The normalized spacial score (nSPS) is 23.7. The quantitative estimate of drug-likeness (QED) is 0.917. The van der Waals surface area contributed by atoms with Crippen LogP contribution in [0.1, 0.15) is 18.9 Å². The van der Waals surface area contributed by atoms with Gasteiger partial charge in [0.05, 0.1) is 15.5 Å². The molecule has 1 unspecified atom stereocenters. The van der Waals surface area contributed by atoms with Crippen molar-refractivity contribution >= 4 is 21.6 Å². The first kappa shape index (κ1) is 15.3. The standard InChI is InChI=1S/C13H16ClN3O2S/c1-13(8-16)4-5-17(9-13)20(18,19)11-3-2-10(7-15)12(14)6-11/h2-3,6H,4-5,8-9,16H2,1H3. The Bertz CT molecular complexity index is 669. The van der Waals surface area contributed by atoms with E-state index in [0.717, 1.165) is 6.42 Å². The third kappa shape index (κ3) is 2.67. The minimum absolute atomic E-state index is 0.114. The van der Waals surface area contributed by atoms with Crippen LogP contribution in [0.25, 0.3) is 0 Å². The lowest BCUT2D eigenvalue weighted by Crippen LogP contribution is -2.34. The minimum atomic E-state index is -3.58. The van der Waals surface area contributed by atoms with Crippen LogP contribution in [0.2, 0.25) is 5.02 Å². The van der Waals surface area contributed by atoms with Crippen molar-refractivity contribution in [3.05, 3.63) is 28.8 Å². The zero-order valence-electron chi connectivity index (χ0n) is 11.1. The van der Waals surface area contributed by atoms with Crippen molar-refractivity contribution in [1.29, 1.82) is 5.26 Å². The van der Waals surface area contributed by atoms with Gasteiger partial charge in [-0.25, -0.2) is 8.42 Å². The number of rotatable bonds is 3. The van der Waals surface area contributed by atoms with Crippen LogP contribution < -0.4 is 5.73 Å². The SMILES string of the molecule is CC1(CN)CCN(S(=O)(=O)c2ccc(C#N)c(Cl)c2)C1. The first-order chi connectivity index (χ1) is 9.32. The van der Waals surface area contributed by atoms with Gasteiger partial charge in [-0.2, -0.15) is 9.57 Å². The fourth-order valence-electron chi connectivity index (χ4n) is 2.25. The van der Waals surface area contributed by atoms with Gasteiger partial charge in [0.1, 0.15) is 6.07 Å². The number of hydrogen-bond acceptors (Lipinski definition) is 4. The highest BCUT2D eigenvalue weighted by atomic mass is 35.5. The molecular formula is C13H16ClN3O2S. The van der Waals surface area contributed by atoms with Crippen LogP contribution in [0.5, 0.6) is 0 Å². The first-order valence-corrected chi connectivity index (χ1v) is 8.04. The summed E-state index contributed by atoms with van der Waals surface area (Å²) in [4.78, 5) is 0.114. The highest BCUT2D eigenvalue weighted by Gasteiger charge is 2.39. The van der Waals surface area contributed by atoms with Gasteiger partial charge in [0, 0.05) is 13.1 Å². The largest absolute Gasteiger partial charge is 0.330 e. The molecule has 0 aromatic heterocycles. The second-order valence-corrected chi connectivity index (χ2v) is 7.70. The Morgan fingerprint density at radius 2 is 2.25 bits per heavy atom. The molecule has 108 valence electrons. The van der Waals surface area contributed by atoms with Crippen LogP contribution >= 0.6 is 11.6 Å². The summed E-state index contributed by atoms with van der Waals surface area (Å²) in [6.45, 7) is 3.29. The lowest BCUT2D eigenvalue weighted by molar-refractivity contribution is 0.349. The van der Waals surface area contributed by atoms with Gasteiger partial charge in [-0.3, -0.25) is 0 Å². The molecular weight excluding hydrogens is 298 g/mol. The third-order valence-electron chi connectivity index (χ3n) is 3.71. The van der Waals surface area contributed by atoms with E-state index in [1.54, 1.807) is 0 Å². The molecule has 1 fully saturated rings. The van der Waals surface area contributed by atoms with E-state index < -0.39 is 10.0 Å². The number of benzene rings is 1. The summed E-state index contributed by atoms with van der Waals surface area (Å²) in [5.74, 6) is 0. The van der Waals surface area contributed by atoms with E-state index in [1.807, 2.05) is 13.0 Å². The Labute approximate surface area is 124 Å². The van der Waals surface area contributed by atoms with Gasteiger partial charge in [-0.05, 0) is 36.6 Å². The maximum Gasteiger partial charge on any atom is 0.243 e. The molecule has 0 saturated carbocycles. The summed E-state index contributed by atoms with van der Waals surface area (Å²) in [6, 6.07) is 6.07. The molecule has 0 amide bonds. The summed E-state index contributed by atoms with van der Waals surface area (Å²) >= 11 is 5.90. The maximum atomic E-state index is 12.5. The van der Waals surface area contributed by atoms with E-state index in [2.05, 4.69) is 0 Å². The molecule has 1 aromatic rings. The molecule has 5 nitrogen and oxygen atoms in total. The van der Waals surface area contributed by atoms with Crippen molar-refractivity contribution in [3.63, 3.8) is 0 Å². The summed E-state index contributed by atoms with van der Waals surface area (Å²) in [7, 11) is -3.58. The van der Waals surface area contributed by atoms with E-state index in [0.29, 0.717) is 19.6 Å². The van der Waals surface area contributed by atoms with Crippen LogP contribution in [-0.4, -0.2) is 32.4 Å². The smallest absolute Gasteiger partial charge is 0.243 e. The van der Waals surface area contributed by atoms with Crippen molar-refractivity contribution in [2.75, 3.05) is 19.6 Å². The zero-order valence-corrected chi connectivity index (χ0v) is 12.7. The van der Waals surface area contributed by atoms with Crippen molar-refractivity contribution in [3.8, 4) is 6.07 Å². The molecule has 7 heteroatoms. The molecule has 20 heavy (non-hydrogen) atoms. The number of nitrogens with zero attached hydrogens (tertiary/aromatic N) is 2. The molecule has 1 aliphatic heterocycles. The average molecular weight is 314 g/mol. The molecule has 1 heterocycles. The van der Waals surface area contributed by atoms with E-state index >= 15 is 0 Å². The van der Waals surface area contributed by atoms with E-state index in [4.69, 9.17) is 22.6 Å². The lowest BCUT2D eigenvalue weighted by Gasteiger charge is -2.22. The average Bonchev–Trinajstić information content (AvgIpc) is 2.83. The Morgan fingerprint density at radius 3 is 2.75 bits per heavy atom. The topological polar surface area (TPSA) is 87.2 Å². The molecule has 2 rings (SSSR count). The highest BCUT2D eigenvalue weighted by molar-refractivity contribution is 7.89.